The fraction of sp³-hybridized carbons (Fsp3) is 0. The van der Waals surface area contributed by atoms with Gasteiger partial charge in [-0.25, -0.2) is 0 Å². The molecule has 0 spiro atoms. The molecular formula is C14H8ClNO4. The molecule has 100 valence electrons. The van der Waals surface area contributed by atoms with Gasteiger partial charge in [-0.1, -0.05) is 28.8 Å². The molecule has 1 aliphatic heterocycles. The van der Waals surface area contributed by atoms with E-state index in [0.29, 0.717) is 10.1 Å². The Morgan fingerprint density at radius 1 is 1.00 bits per heavy atom. The van der Waals surface area contributed by atoms with Crippen LogP contribution in [0.25, 0.3) is 0 Å². The first-order chi connectivity index (χ1) is 9.58. The van der Waals surface area contributed by atoms with E-state index in [1.807, 2.05) is 0 Å². The zero-order valence-electron chi connectivity index (χ0n) is 10.0. The zero-order chi connectivity index (χ0) is 14.3. The largest absolute Gasteiger partial charge is 0.504 e. The quantitative estimate of drug-likeness (QED) is 0.863. The number of phenols is 1. The predicted octanol–water partition coefficient (Wildman–Crippen LogP) is 2.64. The molecule has 2 aromatic rings. The summed E-state index contributed by atoms with van der Waals surface area (Å²) in [7, 11) is 0. The van der Waals surface area contributed by atoms with Gasteiger partial charge in [0.05, 0.1) is 11.1 Å². The second-order valence-corrected chi connectivity index (χ2v) is 4.59. The number of carbonyl (C=O) groups excluding carboxylic acids is 2. The highest BCUT2D eigenvalue weighted by Gasteiger charge is 2.37. The van der Waals surface area contributed by atoms with E-state index < -0.39 is 11.8 Å². The highest BCUT2D eigenvalue weighted by Crippen LogP contribution is 2.32. The van der Waals surface area contributed by atoms with Crippen LogP contribution in [0.15, 0.2) is 42.5 Å². The highest BCUT2D eigenvalue weighted by atomic mass is 35.5. The number of hydrogen-bond donors (Lipinski definition) is 1. The molecule has 1 heterocycles. The summed E-state index contributed by atoms with van der Waals surface area (Å²) in [5, 5.41) is 10.6. The number of aromatic hydroxyl groups is 1. The van der Waals surface area contributed by atoms with Crippen LogP contribution in [-0.4, -0.2) is 22.0 Å². The number of halogens is 1. The van der Waals surface area contributed by atoms with Gasteiger partial charge in [0.25, 0.3) is 11.8 Å². The van der Waals surface area contributed by atoms with Crippen LogP contribution in [0.3, 0.4) is 0 Å². The minimum Gasteiger partial charge on any atom is -0.504 e. The molecule has 0 radical (unpaired) electrons. The Morgan fingerprint density at radius 3 is 2.20 bits per heavy atom. The molecule has 1 aliphatic rings. The van der Waals surface area contributed by atoms with Gasteiger partial charge in [0.1, 0.15) is 0 Å². The van der Waals surface area contributed by atoms with Crippen LogP contribution in [0.4, 0.5) is 0 Å². The molecule has 20 heavy (non-hydrogen) atoms. The Bertz CT molecular complexity index is 694. The molecular weight excluding hydrogens is 282 g/mol. The van der Waals surface area contributed by atoms with Crippen LogP contribution in [0, 0.1) is 0 Å². The van der Waals surface area contributed by atoms with Crippen molar-refractivity contribution in [2.45, 2.75) is 0 Å². The summed E-state index contributed by atoms with van der Waals surface area (Å²) in [6.45, 7) is 0. The molecule has 6 heteroatoms. The molecule has 5 nitrogen and oxygen atoms in total. The van der Waals surface area contributed by atoms with Gasteiger partial charge in [0, 0.05) is 11.1 Å². The van der Waals surface area contributed by atoms with Gasteiger partial charge in [0.2, 0.25) is 0 Å². The number of nitrogens with zero attached hydrogens (tertiary/aromatic N) is 1. The SMILES string of the molecule is O=C1c2ccccc2C(=O)N1Oc1cc(Cl)ccc1O. The molecule has 2 amide bonds. The van der Waals surface area contributed by atoms with Gasteiger partial charge in [0.15, 0.2) is 11.5 Å². The van der Waals surface area contributed by atoms with E-state index in [1.54, 1.807) is 12.1 Å². The second-order valence-electron chi connectivity index (χ2n) is 4.15. The normalized spacial score (nSPS) is 13.6. The third-order valence-electron chi connectivity index (χ3n) is 2.87. The number of fused-ring (bicyclic) bond motifs is 1. The maximum Gasteiger partial charge on any atom is 0.295 e. The lowest BCUT2D eigenvalue weighted by molar-refractivity contribution is -0.0152. The summed E-state index contributed by atoms with van der Waals surface area (Å²) >= 11 is 5.78. The minimum atomic E-state index is -0.579. The van der Waals surface area contributed by atoms with Gasteiger partial charge in [-0.05, 0) is 24.3 Å². The van der Waals surface area contributed by atoms with E-state index in [9.17, 15) is 14.7 Å². The maximum atomic E-state index is 12.1. The van der Waals surface area contributed by atoms with Crippen LogP contribution in [0.1, 0.15) is 20.7 Å². The number of imide groups is 1. The number of amides is 2. The van der Waals surface area contributed by atoms with Gasteiger partial charge in [-0.15, -0.1) is 0 Å². The predicted molar refractivity (Wildman–Crippen MR) is 70.7 cm³/mol. The van der Waals surface area contributed by atoms with E-state index >= 15 is 0 Å². The van der Waals surface area contributed by atoms with Crippen molar-refractivity contribution in [3.63, 3.8) is 0 Å². The topological polar surface area (TPSA) is 66.8 Å². The first-order valence-electron chi connectivity index (χ1n) is 5.72. The summed E-state index contributed by atoms with van der Waals surface area (Å²) < 4.78 is 0. The van der Waals surface area contributed by atoms with Crippen molar-refractivity contribution in [1.82, 2.24) is 5.06 Å². The van der Waals surface area contributed by atoms with Crippen molar-refractivity contribution >= 4 is 23.4 Å². The standard InChI is InChI=1S/C14H8ClNO4/c15-8-5-6-11(17)12(7-8)20-16-13(18)9-3-1-2-4-10(9)14(16)19/h1-7,17H. The number of hydrogen-bond acceptors (Lipinski definition) is 4. The molecule has 0 saturated carbocycles. The van der Waals surface area contributed by atoms with Crippen molar-refractivity contribution in [1.29, 1.82) is 0 Å². The summed E-state index contributed by atoms with van der Waals surface area (Å²) in [6, 6.07) is 10.5. The Hall–Kier alpha value is -2.53. The first kappa shape index (κ1) is 12.5. The summed E-state index contributed by atoms with van der Waals surface area (Å²) in [5.74, 6) is -1.44. The van der Waals surface area contributed by atoms with Crippen LogP contribution < -0.4 is 4.84 Å². The van der Waals surface area contributed by atoms with Crippen molar-refractivity contribution in [2.24, 2.45) is 0 Å². The Morgan fingerprint density at radius 2 is 1.60 bits per heavy atom. The van der Waals surface area contributed by atoms with E-state index in [2.05, 4.69) is 0 Å². The average molecular weight is 290 g/mol. The monoisotopic (exact) mass is 289 g/mol. The fourth-order valence-electron chi connectivity index (χ4n) is 1.91. The number of carbonyl (C=O) groups is 2. The lowest BCUT2D eigenvalue weighted by Gasteiger charge is -2.15. The first-order valence-corrected chi connectivity index (χ1v) is 6.10. The minimum absolute atomic E-state index is 0.0630. The summed E-state index contributed by atoms with van der Waals surface area (Å²) in [6.07, 6.45) is 0. The maximum absolute atomic E-state index is 12.1. The molecule has 0 saturated heterocycles. The fourth-order valence-corrected chi connectivity index (χ4v) is 2.07. The van der Waals surface area contributed by atoms with E-state index in [1.165, 1.54) is 30.3 Å². The smallest absolute Gasteiger partial charge is 0.295 e. The lowest BCUT2D eigenvalue weighted by Crippen LogP contribution is -2.33. The second kappa shape index (κ2) is 4.54. The number of benzene rings is 2. The van der Waals surface area contributed by atoms with Gasteiger partial charge in [-0.2, -0.15) is 0 Å². The Labute approximate surface area is 118 Å². The molecule has 0 fully saturated rings. The van der Waals surface area contributed by atoms with Crippen LogP contribution >= 0.6 is 11.6 Å². The van der Waals surface area contributed by atoms with E-state index in [0.717, 1.165) is 0 Å². The Kier molecular flexibility index (Phi) is 2.84. The Balaban J connectivity index is 1.96. The summed E-state index contributed by atoms with van der Waals surface area (Å²) in [4.78, 5) is 29.3. The van der Waals surface area contributed by atoms with Crippen LogP contribution in [0.5, 0.6) is 11.5 Å². The van der Waals surface area contributed by atoms with Crippen LogP contribution in [0.2, 0.25) is 5.02 Å². The van der Waals surface area contributed by atoms with E-state index in [4.69, 9.17) is 16.4 Å². The zero-order valence-corrected chi connectivity index (χ0v) is 10.8. The van der Waals surface area contributed by atoms with Gasteiger partial charge < -0.3 is 9.94 Å². The number of rotatable bonds is 2. The van der Waals surface area contributed by atoms with Gasteiger partial charge >= 0.3 is 0 Å². The third kappa shape index (κ3) is 1.88. The molecule has 3 rings (SSSR count). The average Bonchev–Trinajstić information content (AvgIpc) is 2.68. The van der Waals surface area contributed by atoms with Crippen molar-refractivity contribution in [2.75, 3.05) is 0 Å². The molecule has 0 aromatic heterocycles. The highest BCUT2D eigenvalue weighted by molar-refractivity contribution is 6.30. The summed E-state index contributed by atoms with van der Waals surface area (Å²) in [5.41, 5.74) is 0.526. The molecule has 0 aliphatic carbocycles. The molecule has 0 atom stereocenters. The van der Waals surface area contributed by atoms with Crippen LogP contribution in [-0.2, 0) is 0 Å². The number of hydroxylamine groups is 2. The molecule has 1 N–H and O–H groups in total. The van der Waals surface area contributed by atoms with Crippen molar-refractivity contribution in [3.8, 4) is 11.5 Å². The molecule has 2 aromatic carbocycles. The van der Waals surface area contributed by atoms with Crippen molar-refractivity contribution < 1.29 is 19.5 Å². The van der Waals surface area contributed by atoms with Gasteiger partial charge in [-0.3, -0.25) is 9.59 Å². The lowest BCUT2D eigenvalue weighted by atomic mass is 10.1. The third-order valence-corrected chi connectivity index (χ3v) is 3.10. The molecule has 0 bridgehead atoms. The van der Waals surface area contributed by atoms with Crippen molar-refractivity contribution in [3.05, 3.63) is 58.6 Å². The number of phenolic OH excluding ortho intramolecular Hbond substituents is 1. The van der Waals surface area contributed by atoms with E-state index in [-0.39, 0.29) is 22.6 Å². The molecule has 0 unspecified atom stereocenters.